The van der Waals surface area contributed by atoms with Gasteiger partial charge >= 0.3 is 21.6 Å². The number of aromatic nitrogens is 2. The first kappa shape index (κ1) is 34.3. The number of carbonyl (C=O) groups is 1. The molecule has 43 heavy (non-hydrogen) atoms. The number of hydrogen-bond donors (Lipinski definition) is 0. The normalized spacial score (nSPS) is 13.3. The molecule has 0 saturated carbocycles. The summed E-state index contributed by atoms with van der Waals surface area (Å²) >= 11 is 0. The fraction of sp³-hybridized carbons (Fsp3) is 0.440. The Balaban J connectivity index is 2.31. The number of halogens is 4. The van der Waals surface area contributed by atoms with E-state index in [2.05, 4.69) is 9.28 Å². The Hall–Kier alpha value is -3.22. The van der Waals surface area contributed by atoms with Crippen molar-refractivity contribution in [3.8, 4) is 17.0 Å². The molecule has 0 spiro atoms. The number of ether oxygens (including phenoxy) is 1. The fourth-order valence-corrected chi connectivity index (χ4v) is 6.06. The predicted molar refractivity (Wildman–Crippen MR) is 153 cm³/mol. The zero-order chi connectivity index (χ0) is 32.8. The van der Waals surface area contributed by atoms with Crippen molar-refractivity contribution >= 4 is 45.6 Å². The van der Waals surface area contributed by atoms with Crippen LogP contribution in [0.25, 0.3) is 16.8 Å². The highest BCUT2D eigenvalue weighted by Crippen LogP contribution is 2.39. The molecule has 0 aliphatic carbocycles. The lowest BCUT2D eigenvalue weighted by molar-refractivity contribution is -0.0499. The Bertz CT molecular complexity index is 1730. The van der Waals surface area contributed by atoms with E-state index < -0.39 is 63.7 Å². The molecule has 2 heterocycles. The first-order valence-electron chi connectivity index (χ1n) is 12.5. The third-order valence-electron chi connectivity index (χ3n) is 6.93. The van der Waals surface area contributed by atoms with E-state index in [4.69, 9.17) is 9.16 Å². The Morgan fingerprint density at radius 3 is 2.14 bits per heavy atom. The number of esters is 1. The molecule has 0 aliphatic rings. The van der Waals surface area contributed by atoms with E-state index in [1.807, 2.05) is 33.9 Å². The fourth-order valence-electron chi connectivity index (χ4n) is 3.66. The van der Waals surface area contributed by atoms with Gasteiger partial charge in [-0.2, -0.15) is 26.7 Å². The molecule has 11 nitrogen and oxygen atoms in total. The number of hydrogen-bond acceptors (Lipinski definition) is 9. The number of anilines is 1. The molecular weight excluding hydrogens is 639 g/mol. The van der Waals surface area contributed by atoms with E-state index in [0.717, 1.165) is 42.3 Å². The minimum atomic E-state index is -6.31. The largest absolute Gasteiger partial charge is 0.534 e. The maximum Gasteiger partial charge on any atom is 0.534 e. The summed E-state index contributed by atoms with van der Waals surface area (Å²) in [7, 11) is -12.0. The smallest absolute Gasteiger partial charge is 0.465 e. The van der Waals surface area contributed by atoms with Crippen LogP contribution in [0, 0.1) is 5.82 Å². The molecule has 0 fully saturated rings. The van der Waals surface area contributed by atoms with Crippen LogP contribution in [0.3, 0.4) is 0 Å². The minimum Gasteiger partial charge on any atom is -0.465 e. The van der Waals surface area contributed by atoms with Crippen molar-refractivity contribution in [2.24, 2.45) is 0 Å². The van der Waals surface area contributed by atoms with Crippen molar-refractivity contribution in [2.45, 2.75) is 44.4 Å². The van der Waals surface area contributed by atoms with Crippen LogP contribution in [0.2, 0.25) is 18.1 Å². The molecule has 3 aromatic rings. The summed E-state index contributed by atoms with van der Waals surface area (Å²) in [6, 6.07) is 5.43. The van der Waals surface area contributed by atoms with E-state index in [-0.39, 0.29) is 34.0 Å². The molecule has 0 aliphatic heterocycles. The molecule has 3 rings (SSSR count). The van der Waals surface area contributed by atoms with Gasteiger partial charge in [0.05, 0.1) is 38.2 Å². The van der Waals surface area contributed by atoms with Gasteiger partial charge in [0.2, 0.25) is 10.0 Å². The highest BCUT2D eigenvalue weighted by Gasteiger charge is 2.49. The van der Waals surface area contributed by atoms with Crippen LogP contribution in [0.15, 0.2) is 36.5 Å². The maximum absolute atomic E-state index is 13.6. The molecule has 0 unspecified atom stereocenters. The van der Waals surface area contributed by atoms with Crippen LogP contribution in [0.1, 0.15) is 31.1 Å². The molecule has 18 heteroatoms. The van der Waals surface area contributed by atoms with Gasteiger partial charge in [-0.25, -0.2) is 22.1 Å². The number of carbonyl (C=O) groups excluding carboxylic acids is 1. The zero-order valence-electron chi connectivity index (χ0n) is 24.3. The molecule has 0 radical (unpaired) electrons. The number of nitrogens with zero attached hydrogens (tertiary/aromatic N) is 3. The first-order chi connectivity index (χ1) is 19.5. The summed E-state index contributed by atoms with van der Waals surface area (Å²) in [6.45, 7) is 9.03. The summed E-state index contributed by atoms with van der Waals surface area (Å²) in [5, 5.41) is 4.01. The summed E-state index contributed by atoms with van der Waals surface area (Å²) in [5.41, 5.74) is -7.04. The van der Waals surface area contributed by atoms with Gasteiger partial charge in [-0.05, 0) is 42.4 Å². The van der Waals surface area contributed by atoms with Gasteiger partial charge in [-0.15, -0.1) is 0 Å². The molecular formula is C25H31F4N3O8S2Si. The SMILES string of the molecule is COC(=O)c1c(-c2ccc(F)cc2)nn2cc(N(CCO[Si](C)(C)C(C)(C)C)S(C)(=O)=O)c(OS(=O)(=O)C(F)(F)F)cc12. The minimum absolute atomic E-state index is 0.110. The van der Waals surface area contributed by atoms with Gasteiger partial charge in [-0.1, -0.05) is 20.8 Å². The molecule has 0 atom stereocenters. The topological polar surface area (TPSA) is 134 Å². The van der Waals surface area contributed by atoms with Crippen LogP contribution < -0.4 is 8.49 Å². The highest BCUT2D eigenvalue weighted by molar-refractivity contribution is 7.92. The number of benzene rings is 1. The number of pyridine rings is 1. The van der Waals surface area contributed by atoms with Crippen molar-refractivity contribution in [1.29, 1.82) is 0 Å². The molecule has 0 amide bonds. The lowest BCUT2D eigenvalue weighted by Gasteiger charge is -2.36. The van der Waals surface area contributed by atoms with Gasteiger partial charge in [0, 0.05) is 11.6 Å². The summed E-state index contributed by atoms with van der Waals surface area (Å²) in [6.07, 6.45) is 1.67. The molecule has 1 aromatic carbocycles. The maximum atomic E-state index is 13.6. The quantitative estimate of drug-likeness (QED) is 0.0968. The number of fused-ring (bicyclic) bond motifs is 1. The van der Waals surface area contributed by atoms with Crippen molar-refractivity contribution in [1.82, 2.24) is 9.61 Å². The lowest BCUT2D eigenvalue weighted by atomic mass is 10.1. The van der Waals surface area contributed by atoms with Crippen LogP contribution in [0.5, 0.6) is 5.75 Å². The number of rotatable bonds is 10. The second-order valence-corrected chi connectivity index (χ2v) is 19.3. The van der Waals surface area contributed by atoms with Crippen molar-refractivity contribution in [3.05, 3.63) is 47.9 Å². The van der Waals surface area contributed by atoms with E-state index in [1.54, 1.807) is 0 Å². The summed E-state index contributed by atoms with van der Waals surface area (Å²) in [5.74, 6) is -2.68. The zero-order valence-corrected chi connectivity index (χ0v) is 26.9. The average molecular weight is 670 g/mol. The third kappa shape index (κ3) is 7.30. The Morgan fingerprint density at radius 2 is 1.65 bits per heavy atom. The number of sulfonamides is 1. The first-order valence-corrected chi connectivity index (χ1v) is 18.7. The third-order valence-corrected chi connectivity index (χ3v) is 13.6. The van der Waals surface area contributed by atoms with Gasteiger partial charge in [0.25, 0.3) is 0 Å². The van der Waals surface area contributed by atoms with Crippen molar-refractivity contribution in [3.63, 3.8) is 0 Å². The van der Waals surface area contributed by atoms with Crippen LogP contribution >= 0.6 is 0 Å². The van der Waals surface area contributed by atoms with Gasteiger partial charge in [0.1, 0.15) is 22.8 Å². The van der Waals surface area contributed by atoms with Crippen LogP contribution in [-0.4, -0.2) is 72.8 Å². The molecule has 2 aromatic heterocycles. The Labute approximate surface area is 247 Å². The summed E-state index contributed by atoms with van der Waals surface area (Å²) < 4.78 is 121. The predicted octanol–water partition coefficient (Wildman–Crippen LogP) is 4.94. The standard InChI is InChI=1S/C25H31F4N3O8S2Si/c1-24(2,3)43(6,7)39-13-12-32(41(5,34)35)19-15-31-18(14-20(19)40-42(36,37)25(27,28)29)21(23(33)38-4)22(30-31)16-8-10-17(26)11-9-16/h8-11,14-15H,12-13H2,1-7H3. The molecule has 0 N–H and O–H groups in total. The Kier molecular flexibility index (Phi) is 9.32. The molecule has 0 bridgehead atoms. The molecule has 0 saturated heterocycles. The number of alkyl halides is 3. The van der Waals surface area contributed by atoms with Crippen LogP contribution in [-0.2, 0) is 29.3 Å². The van der Waals surface area contributed by atoms with Crippen LogP contribution in [0.4, 0.5) is 23.2 Å². The van der Waals surface area contributed by atoms with E-state index in [0.29, 0.717) is 4.31 Å². The van der Waals surface area contributed by atoms with Crippen molar-refractivity contribution < 1.29 is 52.5 Å². The second kappa shape index (κ2) is 11.7. The Morgan fingerprint density at radius 1 is 1.07 bits per heavy atom. The van der Waals surface area contributed by atoms with E-state index in [1.165, 1.54) is 12.1 Å². The monoisotopic (exact) mass is 669 g/mol. The van der Waals surface area contributed by atoms with E-state index >= 15 is 0 Å². The van der Waals surface area contributed by atoms with Crippen molar-refractivity contribution in [2.75, 3.05) is 30.8 Å². The van der Waals surface area contributed by atoms with Gasteiger partial charge < -0.3 is 13.3 Å². The highest BCUT2D eigenvalue weighted by atomic mass is 32.2. The lowest BCUT2D eigenvalue weighted by Crippen LogP contribution is -2.43. The number of methoxy groups -OCH3 is 1. The van der Waals surface area contributed by atoms with Gasteiger partial charge in [0.15, 0.2) is 14.1 Å². The summed E-state index contributed by atoms with van der Waals surface area (Å²) in [4.78, 5) is 12.8. The molecule has 238 valence electrons. The van der Waals surface area contributed by atoms with Gasteiger partial charge in [-0.3, -0.25) is 4.31 Å². The average Bonchev–Trinajstić information content (AvgIpc) is 3.22. The van der Waals surface area contributed by atoms with E-state index in [9.17, 15) is 39.2 Å². The second-order valence-electron chi connectivity index (χ2n) is 11.0.